The van der Waals surface area contributed by atoms with Gasteiger partial charge in [0.15, 0.2) is 0 Å². The molecule has 1 N–H and O–H groups in total. The summed E-state index contributed by atoms with van der Waals surface area (Å²) in [6.07, 6.45) is 12.8. The summed E-state index contributed by atoms with van der Waals surface area (Å²) in [5, 5.41) is 15.1. The molecule has 7 nitrogen and oxygen atoms in total. The molecule has 2 heterocycles. The molecule has 0 radical (unpaired) electrons. The zero-order valence-electron chi connectivity index (χ0n) is 21.1. The average Bonchev–Trinajstić information content (AvgIpc) is 3.36. The molecule has 35 heavy (non-hydrogen) atoms. The zero-order chi connectivity index (χ0) is 26.0. The molecule has 0 saturated carbocycles. The first-order valence-electron chi connectivity index (χ1n) is 11.3. The molecule has 7 heteroatoms. The summed E-state index contributed by atoms with van der Waals surface area (Å²) in [4.78, 5) is 18.1. The number of aromatic nitrogens is 3. The van der Waals surface area contributed by atoms with Crippen LogP contribution in [0.3, 0.4) is 0 Å². The molecule has 3 aromatic rings. The first kappa shape index (κ1) is 27.3. The molecule has 0 fully saturated rings. The summed E-state index contributed by atoms with van der Waals surface area (Å²) in [6, 6.07) is 11.6. The van der Waals surface area contributed by atoms with Gasteiger partial charge in [-0.3, -0.25) is 14.8 Å². The lowest BCUT2D eigenvalue weighted by atomic mass is 9.89. The fourth-order valence-corrected chi connectivity index (χ4v) is 4.28. The summed E-state index contributed by atoms with van der Waals surface area (Å²) in [5.41, 5.74) is 7.68. The Labute approximate surface area is 208 Å². The van der Waals surface area contributed by atoms with Gasteiger partial charge in [-0.05, 0) is 42.5 Å². The van der Waals surface area contributed by atoms with Crippen LogP contribution < -0.4 is 4.74 Å². The fraction of sp³-hybridized carbons (Fsp3) is 0.357. The molecular formula is C28H33N5O2. The monoisotopic (exact) mass is 471 g/mol. The molecule has 0 aliphatic heterocycles. The maximum atomic E-state index is 11.6. The Kier molecular flexibility index (Phi) is 9.75. The molecule has 2 aromatic heterocycles. The summed E-state index contributed by atoms with van der Waals surface area (Å²) in [5.74, 6) is 0.604. The van der Waals surface area contributed by atoms with Crippen LogP contribution in [0.4, 0.5) is 0 Å². The summed E-state index contributed by atoms with van der Waals surface area (Å²) < 4.78 is 5.12. The summed E-state index contributed by atoms with van der Waals surface area (Å²) in [6.45, 7) is 7.39. The number of H-pyrrole nitrogens is 1. The minimum Gasteiger partial charge on any atom is -0.481 e. The molecule has 1 aliphatic carbocycles. The molecule has 1 aromatic carbocycles. The maximum absolute atomic E-state index is 11.6. The standard InChI is InChI=1S/C24H28N4O2.C2H3N.C2H2/c1-24(2)10-20-21(11-24)26-27-23(20)17-6-7-18(15-29)19(9-17)14-28(3)13-16-5-8-22(30-4)25-12-16;1-2-3;1-2/h5-9,12,15H,10-11,13-14H2,1-4H3,(H,26,27);1H3;1-2H. The molecule has 0 amide bonds. The first-order chi connectivity index (χ1) is 16.8. The van der Waals surface area contributed by atoms with Gasteiger partial charge in [0, 0.05) is 54.7 Å². The number of nitrogens with zero attached hydrogens (tertiary/aromatic N) is 4. The van der Waals surface area contributed by atoms with Gasteiger partial charge in [-0.1, -0.05) is 32.0 Å². The Morgan fingerprint density at radius 3 is 2.54 bits per heavy atom. The number of hydrogen-bond donors (Lipinski definition) is 1. The van der Waals surface area contributed by atoms with Crippen LogP contribution in [0.25, 0.3) is 11.3 Å². The number of pyridine rings is 1. The van der Waals surface area contributed by atoms with Gasteiger partial charge < -0.3 is 4.74 Å². The normalized spacial score (nSPS) is 12.9. The van der Waals surface area contributed by atoms with E-state index in [-0.39, 0.29) is 5.41 Å². The van der Waals surface area contributed by atoms with E-state index in [0.717, 1.165) is 48.1 Å². The number of nitrogens with one attached hydrogen (secondary N) is 1. The second-order valence-corrected chi connectivity index (χ2v) is 9.18. The van der Waals surface area contributed by atoms with Gasteiger partial charge >= 0.3 is 0 Å². The quantitative estimate of drug-likeness (QED) is 0.392. The van der Waals surface area contributed by atoms with E-state index in [1.165, 1.54) is 18.2 Å². The Balaban J connectivity index is 0.000000803. The second-order valence-electron chi connectivity index (χ2n) is 9.18. The van der Waals surface area contributed by atoms with E-state index >= 15 is 0 Å². The molecular weight excluding hydrogens is 438 g/mol. The fourth-order valence-electron chi connectivity index (χ4n) is 4.28. The average molecular weight is 472 g/mol. The molecule has 0 bridgehead atoms. The van der Waals surface area contributed by atoms with Crippen molar-refractivity contribution in [1.82, 2.24) is 20.1 Å². The van der Waals surface area contributed by atoms with Crippen LogP contribution in [-0.2, 0) is 25.9 Å². The number of carbonyl (C=O) groups excluding carboxylic acids is 1. The van der Waals surface area contributed by atoms with Crippen LogP contribution >= 0.6 is 0 Å². The van der Waals surface area contributed by atoms with Crippen LogP contribution in [0.5, 0.6) is 5.88 Å². The molecule has 1 aliphatic rings. The molecule has 0 saturated heterocycles. The lowest BCUT2D eigenvalue weighted by Crippen LogP contribution is -2.18. The number of hydrogen-bond acceptors (Lipinski definition) is 6. The van der Waals surface area contributed by atoms with E-state index in [0.29, 0.717) is 18.0 Å². The number of ether oxygens (including phenoxy) is 1. The maximum Gasteiger partial charge on any atom is 0.212 e. The second kappa shape index (κ2) is 12.5. The minimum absolute atomic E-state index is 0.261. The van der Waals surface area contributed by atoms with Crippen molar-refractivity contribution in [3.63, 3.8) is 0 Å². The third kappa shape index (κ3) is 7.02. The molecule has 0 atom stereocenters. The smallest absolute Gasteiger partial charge is 0.212 e. The Morgan fingerprint density at radius 2 is 1.94 bits per heavy atom. The Hall–Kier alpha value is -3.94. The number of fused-ring (bicyclic) bond motifs is 1. The van der Waals surface area contributed by atoms with E-state index in [9.17, 15) is 4.79 Å². The number of carbonyl (C=O) groups is 1. The number of benzene rings is 1. The SMILES string of the molecule is C#C.CC#N.COc1ccc(CN(C)Cc2cc(-c3n[nH]c4c3CC(C)(C)C4)ccc2C=O)cn1. The van der Waals surface area contributed by atoms with Crippen molar-refractivity contribution in [3.8, 4) is 36.1 Å². The van der Waals surface area contributed by atoms with E-state index in [1.807, 2.05) is 37.5 Å². The van der Waals surface area contributed by atoms with Crippen molar-refractivity contribution in [2.45, 2.75) is 46.7 Å². The van der Waals surface area contributed by atoms with Gasteiger partial charge in [-0.15, -0.1) is 12.8 Å². The van der Waals surface area contributed by atoms with Gasteiger partial charge in [0.1, 0.15) is 6.29 Å². The van der Waals surface area contributed by atoms with E-state index < -0.39 is 0 Å². The highest BCUT2D eigenvalue weighted by atomic mass is 16.5. The highest BCUT2D eigenvalue weighted by Gasteiger charge is 2.32. The summed E-state index contributed by atoms with van der Waals surface area (Å²) in [7, 11) is 3.65. The van der Waals surface area contributed by atoms with Crippen molar-refractivity contribution < 1.29 is 9.53 Å². The third-order valence-electron chi connectivity index (χ3n) is 5.71. The van der Waals surface area contributed by atoms with Gasteiger partial charge in [0.25, 0.3) is 0 Å². The highest BCUT2D eigenvalue weighted by Crippen LogP contribution is 2.40. The molecule has 4 rings (SSSR count). The van der Waals surface area contributed by atoms with Crippen molar-refractivity contribution in [1.29, 1.82) is 5.26 Å². The molecule has 0 spiro atoms. The number of terminal acetylenes is 1. The largest absolute Gasteiger partial charge is 0.481 e. The van der Waals surface area contributed by atoms with E-state index in [2.05, 4.69) is 52.8 Å². The van der Waals surface area contributed by atoms with Crippen LogP contribution in [0.2, 0.25) is 0 Å². The van der Waals surface area contributed by atoms with Crippen molar-refractivity contribution >= 4 is 6.29 Å². The molecule has 182 valence electrons. The minimum atomic E-state index is 0.261. The lowest BCUT2D eigenvalue weighted by Gasteiger charge is -2.19. The zero-order valence-corrected chi connectivity index (χ0v) is 21.1. The number of methoxy groups -OCH3 is 1. The van der Waals surface area contributed by atoms with Crippen molar-refractivity contribution in [3.05, 3.63) is 64.5 Å². The van der Waals surface area contributed by atoms with Gasteiger partial charge in [-0.2, -0.15) is 10.4 Å². The number of aldehydes is 1. The van der Waals surface area contributed by atoms with Crippen molar-refractivity contribution in [2.75, 3.05) is 14.2 Å². The van der Waals surface area contributed by atoms with Crippen molar-refractivity contribution in [2.24, 2.45) is 5.41 Å². The topological polar surface area (TPSA) is 94.9 Å². The number of nitriles is 1. The Bertz CT molecular complexity index is 1190. The van der Waals surface area contributed by atoms with Crippen LogP contribution in [0.1, 0.15) is 53.5 Å². The summed E-state index contributed by atoms with van der Waals surface area (Å²) >= 11 is 0. The highest BCUT2D eigenvalue weighted by molar-refractivity contribution is 5.80. The van der Waals surface area contributed by atoms with Crippen LogP contribution in [-0.4, -0.2) is 40.5 Å². The van der Waals surface area contributed by atoms with Crippen LogP contribution in [0, 0.1) is 29.6 Å². The van der Waals surface area contributed by atoms with Gasteiger partial charge in [0.05, 0.1) is 18.9 Å². The van der Waals surface area contributed by atoms with E-state index in [4.69, 9.17) is 10.00 Å². The lowest BCUT2D eigenvalue weighted by molar-refractivity contribution is 0.112. The predicted molar refractivity (Wildman–Crippen MR) is 138 cm³/mol. The molecule has 0 unspecified atom stereocenters. The van der Waals surface area contributed by atoms with E-state index in [1.54, 1.807) is 13.2 Å². The number of rotatable bonds is 7. The third-order valence-corrected chi connectivity index (χ3v) is 5.71. The van der Waals surface area contributed by atoms with Crippen LogP contribution in [0.15, 0.2) is 36.5 Å². The Morgan fingerprint density at radius 1 is 1.23 bits per heavy atom. The van der Waals surface area contributed by atoms with Gasteiger partial charge in [-0.25, -0.2) is 4.98 Å². The first-order valence-corrected chi connectivity index (χ1v) is 11.3. The number of aromatic amines is 1. The van der Waals surface area contributed by atoms with Gasteiger partial charge in [0.2, 0.25) is 5.88 Å². The predicted octanol–water partition coefficient (Wildman–Crippen LogP) is 4.83.